The fraction of sp³-hybridized carbons (Fsp3) is 0.222. The molecule has 0 radical (unpaired) electrons. The molecular weight excluding hydrogens is 187 g/mol. The number of rotatable bonds is 4. The van der Waals surface area contributed by atoms with Crippen LogP contribution < -0.4 is 0 Å². The van der Waals surface area contributed by atoms with E-state index in [-0.39, 0.29) is 6.61 Å². The van der Waals surface area contributed by atoms with E-state index in [1.165, 1.54) is 0 Å². The summed E-state index contributed by atoms with van der Waals surface area (Å²) in [5, 5.41) is 0. The second-order valence-electron chi connectivity index (χ2n) is 2.35. The van der Waals surface area contributed by atoms with Crippen molar-refractivity contribution in [2.24, 2.45) is 0 Å². The molecule has 1 aromatic carbocycles. The van der Waals surface area contributed by atoms with Crippen LogP contribution in [0.1, 0.15) is 17.3 Å². The molecule has 68 valence electrons. The minimum Gasteiger partial charge on any atom is -0.231 e. The van der Waals surface area contributed by atoms with E-state index in [1.54, 1.807) is 37.3 Å². The Morgan fingerprint density at radius 1 is 1.38 bits per heavy atom. The Hall–Kier alpha value is -1.05. The third-order valence-electron chi connectivity index (χ3n) is 1.43. The summed E-state index contributed by atoms with van der Waals surface area (Å²) in [5.41, 5.74) is -0.0190. The van der Waals surface area contributed by atoms with Crippen molar-refractivity contribution in [2.75, 3.05) is 6.61 Å². The van der Waals surface area contributed by atoms with Crippen molar-refractivity contribution in [1.29, 1.82) is 0 Å². The number of carbonyl (C=O) groups is 1. The normalized spacial score (nSPS) is 11.0. The molecule has 1 aromatic rings. The third-order valence-corrected chi connectivity index (χ3v) is 2.52. The van der Waals surface area contributed by atoms with Crippen molar-refractivity contribution in [1.82, 2.24) is 0 Å². The van der Waals surface area contributed by atoms with Gasteiger partial charge in [0.1, 0.15) is 6.61 Å². The predicted octanol–water partition coefficient (Wildman–Crippen LogP) is 2.61. The van der Waals surface area contributed by atoms with Gasteiger partial charge in [-0.2, -0.15) is 0 Å². The summed E-state index contributed by atoms with van der Waals surface area (Å²) < 4.78 is 15.8. The molecule has 0 N–H and O–H groups in total. The molecule has 3 nitrogen and oxygen atoms in total. The van der Waals surface area contributed by atoms with E-state index < -0.39 is 13.6 Å². The highest BCUT2D eigenvalue weighted by Gasteiger charge is 2.31. The molecule has 0 spiro atoms. The summed E-state index contributed by atoms with van der Waals surface area (Å²) in [6.45, 7) is 1.99. The fourth-order valence-corrected chi connectivity index (χ4v) is 1.57. The lowest BCUT2D eigenvalue weighted by Gasteiger charge is -1.87. The largest absolute Gasteiger partial charge is 0.592 e. The first-order valence-electron chi connectivity index (χ1n) is 3.95. The molecule has 13 heavy (non-hydrogen) atoms. The molecule has 0 aliphatic heterocycles. The van der Waals surface area contributed by atoms with Gasteiger partial charge in [0.15, 0.2) is 0 Å². The van der Waals surface area contributed by atoms with Gasteiger partial charge in [-0.15, -0.1) is 4.52 Å². The monoisotopic (exact) mass is 197 g/mol. The highest BCUT2D eigenvalue weighted by molar-refractivity contribution is 7.60. The van der Waals surface area contributed by atoms with Gasteiger partial charge in [-0.05, 0) is 23.6 Å². The average molecular weight is 197 g/mol. The Morgan fingerprint density at radius 2 is 2.00 bits per heavy atom. The minimum absolute atomic E-state index is 0.285. The Balaban J connectivity index is 2.74. The van der Waals surface area contributed by atoms with Crippen LogP contribution in [-0.4, -0.2) is 12.1 Å². The van der Waals surface area contributed by atoms with Crippen LogP contribution in [0.5, 0.6) is 0 Å². The van der Waals surface area contributed by atoms with E-state index in [1.807, 2.05) is 0 Å². The van der Waals surface area contributed by atoms with Gasteiger partial charge in [-0.25, -0.2) is 4.79 Å². The van der Waals surface area contributed by atoms with Crippen molar-refractivity contribution in [3.8, 4) is 0 Å². The van der Waals surface area contributed by atoms with E-state index in [0.29, 0.717) is 5.56 Å². The van der Waals surface area contributed by atoms with Gasteiger partial charge in [0.05, 0.1) is 5.56 Å². The highest BCUT2D eigenvalue weighted by Crippen LogP contribution is 2.27. The maximum absolute atomic E-state index is 11.3. The quantitative estimate of drug-likeness (QED) is 0.697. The SMILES string of the molecule is CCO[P+](=O)C(=O)c1ccccc1. The molecule has 0 saturated carbocycles. The number of carbonyl (C=O) groups excluding carboxylic acids is 1. The first-order valence-corrected chi connectivity index (χ1v) is 5.13. The number of benzene rings is 1. The van der Waals surface area contributed by atoms with Gasteiger partial charge in [-0.1, -0.05) is 18.2 Å². The molecule has 4 heteroatoms. The standard InChI is InChI=1S/C9H10O3P/c1-2-12-13(11)9(10)8-6-4-3-5-7-8/h3-7H,2H2,1H3/q+1. The van der Waals surface area contributed by atoms with Crippen molar-refractivity contribution < 1.29 is 13.9 Å². The van der Waals surface area contributed by atoms with Crippen LogP contribution in [0, 0.1) is 0 Å². The summed E-state index contributed by atoms with van der Waals surface area (Å²) in [7, 11) is -2.21. The molecule has 0 heterocycles. The van der Waals surface area contributed by atoms with E-state index in [9.17, 15) is 9.36 Å². The summed E-state index contributed by atoms with van der Waals surface area (Å²) in [6, 6.07) is 8.48. The topological polar surface area (TPSA) is 43.4 Å². The summed E-state index contributed by atoms with van der Waals surface area (Å²) in [4.78, 5) is 11.3. The highest BCUT2D eigenvalue weighted by atomic mass is 31.1. The molecule has 0 fully saturated rings. The molecule has 0 aliphatic carbocycles. The zero-order chi connectivity index (χ0) is 9.68. The second kappa shape index (κ2) is 4.85. The molecule has 0 saturated heterocycles. The lowest BCUT2D eigenvalue weighted by atomic mass is 10.2. The lowest BCUT2D eigenvalue weighted by Crippen LogP contribution is -1.94. The van der Waals surface area contributed by atoms with Gasteiger partial charge in [0, 0.05) is 0 Å². The Kier molecular flexibility index (Phi) is 3.74. The molecular formula is C9H10O3P+. The number of hydrogen-bond acceptors (Lipinski definition) is 3. The summed E-state index contributed by atoms with van der Waals surface area (Å²) in [5.74, 6) is 0. The average Bonchev–Trinajstić information content (AvgIpc) is 2.18. The molecule has 1 unspecified atom stereocenters. The van der Waals surface area contributed by atoms with Crippen LogP contribution in [0.15, 0.2) is 30.3 Å². The maximum Gasteiger partial charge on any atom is 0.592 e. The smallest absolute Gasteiger partial charge is 0.231 e. The summed E-state index contributed by atoms with van der Waals surface area (Å²) >= 11 is 0. The van der Waals surface area contributed by atoms with Gasteiger partial charge in [0.25, 0.3) is 0 Å². The van der Waals surface area contributed by atoms with Crippen molar-refractivity contribution >= 4 is 13.6 Å². The maximum atomic E-state index is 11.3. The number of hydrogen-bond donors (Lipinski definition) is 0. The van der Waals surface area contributed by atoms with Gasteiger partial charge < -0.3 is 0 Å². The predicted molar refractivity (Wildman–Crippen MR) is 50.0 cm³/mol. The Bertz CT molecular complexity index is 308. The lowest BCUT2D eigenvalue weighted by molar-refractivity contribution is 0.106. The van der Waals surface area contributed by atoms with Crippen LogP contribution in [-0.2, 0) is 9.09 Å². The molecule has 0 aliphatic rings. The minimum atomic E-state index is -2.21. The molecule has 0 aromatic heterocycles. The van der Waals surface area contributed by atoms with Gasteiger partial charge in [0.2, 0.25) is 0 Å². The van der Waals surface area contributed by atoms with Crippen LogP contribution in [0.25, 0.3) is 0 Å². The van der Waals surface area contributed by atoms with Crippen LogP contribution in [0.3, 0.4) is 0 Å². The van der Waals surface area contributed by atoms with Gasteiger partial charge in [-0.3, -0.25) is 0 Å². The van der Waals surface area contributed by atoms with Crippen LogP contribution >= 0.6 is 8.03 Å². The van der Waals surface area contributed by atoms with E-state index >= 15 is 0 Å². The first kappa shape index (κ1) is 10.0. The molecule has 0 amide bonds. The first-order chi connectivity index (χ1) is 6.25. The summed E-state index contributed by atoms with van der Waals surface area (Å²) in [6.07, 6.45) is 0. The Labute approximate surface area is 77.6 Å². The van der Waals surface area contributed by atoms with Crippen LogP contribution in [0.4, 0.5) is 0 Å². The van der Waals surface area contributed by atoms with E-state index in [4.69, 9.17) is 4.52 Å². The van der Waals surface area contributed by atoms with Gasteiger partial charge >= 0.3 is 13.6 Å². The molecule has 1 atom stereocenters. The second-order valence-corrected chi connectivity index (χ2v) is 3.52. The van der Waals surface area contributed by atoms with Crippen molar-refractivity contribution in [2.45, 2.75) is 6.92 Å². The van der Waals surface area contributed by atoms with Crippen molar-refractivity contribution in [3.05, 3.63) is 35.9 Å². The van der Waals surface area contributed by atoms with E-state index in [2.05, 4.69) is 0 Å². The zero-order valence-electron chi connectivity index (χ0n) is 7.27. The van der Waals surface area contributed by atoms with Crippen LogP contribution in [0.2, 0.25) is 0 Å². The molecule has 0 bridgehead atoms. The van der Waals surface area contributed by atoms with Crippen molar-refractivity contribution in [3.63, 3.8) is 0 Å². The third kappa shape index (κ3) is 2.72. The molecule has 1 rings (SSSR count). The fourth-order valence-electron chi connectivity index (χ4n) is 0.862. The Morgan fingerprint density at radius 3 is 2.54 bits per heavy atom. The zero-order valence-corrected chi connectivity index (χ0v) is 8.16. The van der Waals surface area contributed by atoms with E-state index in [0.717, 1.165) is 0 Å².